The first-order valence-electron chi connectivity index (χ1n) is 9.28. The highest BCUT2D eigenvalue weighted by atomic mass is 32.2. The monoisotopic (exact) mass is 409 g/mol. The first-order chi connectivity index (χ1) is 13.9. The molecule has 0 saturated heterocycles. The lowest BCUT2D eigenvalue weighted by molar-refractivity contribution is -0.114. The summed E-state index contributed by atoms with van der Waals surface area (Å²) in [6.45, 7) is 3.56. The first kappa shape index (κ1) is 20.5. The predicted octanol–water partition coefficient (Wildman–Crippen LogP) is 3.79. The Morgan fingerprint density at radius 2 is 1.72 bits per heavy atom. The lowest BCUT2D eigenvalue weighted by Crippen LogP contribution is -2.38. The maximum absolute atomic E-state index is 13.3. The smallest absolute Gasteiger partial charge is 0.264 e. The second-order valence-corrected chi connectivity index (χ2v) is 8.50. The molecule has 0 bridgehead atoms. The van der Waals surface area contributed by atoms with Crippen molar-refractivity contribution in [3.63, 3.8) is 0 Å². The number of sulfonamides is 1. The SMILES string of the molecule is CCc1ccc(N(CC(=O)Nc2cccnc2)S(=O)(=O)c2ccc(C)cc2)cc1. The normalized spacial score (nSPS) is 11.1. The van der Waals surface area contributed by atoms with Crippen molar-refractivity contribution in [1.82, 2.24) is 4.98 Å². The zero-order chi connectivity index (χ0) is 20.9. The molecule has 2 aromatic carbocycles. The number of amides is 1. The molecule has 1 aromatic heterocycles. The van der Waals surface area contributed by atoms with E-state index in [0.717, 1.165) is 21.9 Å². The van der Waals surface area contributed by atoms with Crippen LogP contribution in [0.5, 0.6) is 0 Å². The molecule has 150 valence electrons. The van der Waals surface area contributed by atoms with Gasteiger partial charge < -0.3 is 5.32 Å². The molecule has 0 unspecified atom stereocenters. The predicted molar refractivity (Wildman–Crippen MR) is 114 cm³/mol. The van der Waals surface area contributed by atoms with Crippen molar-refractivity contribution in [2.24, 2.45) is 0 Å². The number of hydrogen-bond donors (Lipinski definition) is 1. The minimum atomic E-state index is -3.92. The Bertz CT molecular complexity index is 1060. The fraction of sp³-hybridized carbons (Fsp3) is 0.182. The molecule has 1 N–H and O–H groups in total. The molecule has 29 heavy (non-hydrogen) atoms. The minimum Gasteiger partial charge on any atom is -0.323 e. The van der Waals surface area contributed by atoms with Crippen LogP contribution in [0.3, 0.4) is 0 Å². The molecule has 0 aliphatic heterocycles. The molecule has 0 saturated carbocycles. The molecule has 1 amide bonds. The van der Waals surface area contributed by atoms with Crippen molar-refractivity contribution in [2.75, 3.05) is 16.2 Å². The van der Waals surface area contributed by atoms with Gasteiger partial charge in [-0.25, -0.2) is 8.42 Å². The number of nitrogens with zero attached hydrogens (tertiary/aromatic N) is 2. The van der Waals surface area contributed by atoms with E-state index in [4.69, 9.17) is 0 Å². The zero-order valence-corrected chi connectivity index (χ0v) is 17.2. The zero-order valence-electron chi connectivity index (χ0n) is 16.4. The van der Waals surface area contributed by atoms with Crippen LogP contribution in [0.25, 0.3) is 0 Å². The molecule has 0 aliphatic rings. The third-order valence-electron chi connectivity index (χ3n) is 4.47. The number of aryl methyl sites for hydroxylation is 2. The van der Waals surface area contributed by atoms with E-state index >= 15 is 0 Å². The van der Waals surface area contributed by atoms with Gasteiger partial charge in [0.1, 0.15) is 6.54 Å². The van der Waals surface area contributed by atoms with Crippen molar-refractivity contribution in [3.05, 3.63) is 84.2 Å². The molecule has 3 aromatic rings. The molecule has 0 spiro atoms. The van der Waals surface area contributed by atoms with Gasteiger partial charge in [-0.2, -0.15) is 0 Å². The van der Waals surface area contributed by atoms with Gasteiger partial charge in [0.05, 0.1) is 22.5 Å². The van der Waals surface area contributed by atoms with Crippen LogP contribution in [0.15, 0.2) is 78.0 Å². The Balaban J connectivity index is 1.94. The summed E-state index contributed by atoms with van der Waals surface area (Å²) in [5.74, 6) is -0.451. The average Bonchev–Trinajstić information content (AvgIpc) is 2.73. The second kappa shape index (κ2) is 8.87. The standard InChI is InChI=1S/C22H23N3O3S/c1-3-18-8-10-20(11-9-18)25(16-22(26)24-19-5-4-14-23-15-19)29(27,28)21-12-6-17(2)7-13-21/h4-15H,3,16H2,1-2H3,(H,24,26). The van der Waals surface area contributed by atoms with Gasteiger partial charge in [0.2, 0.25) is 5.91 Å². The van der Waals surface area contributed by atoms with Crippen LogP contribution < -0.4 is 9.62 Å². The Morgan fingerprint density at radius 1 is 1.03 bits per heavy atom. The molecule has 0 aliphatic carbocycles. The average molecular weight is 410 g/mol. The van der Waals surface area contributed by atoms with Gasteiger partial charge >= 0.3 is 0 Å². The summed E-state index contributed by atoms with van der Waals surface area (Å²) in [4.78, 5) is 16.7. The Kier molecular flexibility index (Phi) is 6.29. The van der Waals surface area contributed by atoms with Crippen LogP contribution >= 0.6 is 0 Å². The van der Waals surface area contributed by atoms with E-state index < -0.39 is 15.9 Å². The number of anilines is 2. The topological polar surface area (TPSA) is 79.4 Å². The molecule has 1 heterocycles. The molecular weight excluding hydrogens is 386 g/mol. The largest absolute Gasteiger partial charge is 0.323 e. The van der Waals surface area contributed by atoms with Gasteiger partial charge in [-0.1, -0.05) is 36.8 Å². The van der Waals surface area contributed by atoms with Gasteiger partial charge in [-0.3, -0.25) is 14.1 Å². The maximum Gasteiger partial charge on any atom is 0.264 e. The quantitative estimate of drug-likeness (QED) is 0.644. The van der Waals surface area contributed by atoms with Crippen LogP contribution in [-0.2, 0) is 21.2 Å². The maximum atomic E-state index is 13.3. The minimum absolute atomic E-state index is 0.136. The number of nitrogens with one attached hydrogen (secondary N) is 1. The fourth-order valence-corrected chi connectivity index (χ4v) is 4.24. The Labute approximate surface area is 171 Å². The van der Waals surface area contributed by atoms with Crippen molar-refractivity contribution in [3.8, 4) is 0 Å². The van der Waals surface area contributed by atoms with Gasteiger partial charge in [-0.15, -0.1) is 0 Å². The summed E-state index contributed by atoms with van der Waals surface area (Å²) in [6.07, 6.45) is 3.94. The van der Waals surface area contributed by atoms with Gasteiger partial charge in [0.15, 0.2) is 0 Å². The van der Waals surface area contributed by atoms with Crippen LogP contribution in [0.1, 0.15) is 18.1 Å². The van der Waals surface area contributed by atoms with E-state index in [0.29, 0.717) is 11.4 Å². The number of benzene rings is 2. The Morgan fingerprint density at radius 3 is 2.31 bits per heavy atom. The van der Waals surface area contributed by atoms with Crippen LogP contribution in [0.2, 0.25) is 0 Å². The van der Waals surface area contributed by atoms with Crippen molar-refractivity contribution in [1.29, 1.82) is 0 Å². The van der Waals surface area contributed by atoms with Gasteiger partial charge in [0, 0.05) is 6.20 Å². The molecular formula is C22H23N3O3S. The number of carbonyl (C=O) groups excluding carboxylic acids is 1. The Hall–Kier alpha value is -3.19. The van der Waals surface area contributed by atoms with E-state index in [1.807, 2.05) is 26.0 Å². The first-order valence-corrected chi connectivity index (χ1v) is 10.7. The van der Waals surface area contributed by atoms with Crippen LogP contribution in [0, 0.1) is 6.92 Å². The highest BCUT2D eigenvalue weighted by Gasteiger charge is 2.27. The lowest BCUT2D eigenvalue weighted by atomic mass is 10.1. The van der Waals surface area contributed by atoms with E-state index in [-0.39, 0.29) is 11.4 Å². The van der Waals surface area contributed by atoms with E-state index in [2.05, 4.69) is 10.3 Å². The molecule has 7 heteroatoms. The number of carbonyl (C=O) groups is 1. The summed E-state index contributed by atoms with van der Waals surface area (Å²) in [6, 6.07) is 17.2. The molecule has 0 fully saturated rings. The van der Waals surface area contributed by atoms with E-state index in [1.54, 1.807) is 54.7 Å². The fourth-order valence-electron chi connectivity index (χ4n) is 2.82. The van der Waals surface area contributed by atoms with Crippen LogP contribution in [-0.4, -0.2) is 25.9 Å². The number of pyridine rings is 1. The van der Waals surface area contributed by atoms with Crippen molar-refractivity contribution < 1.29 is 13.2 Å². The number of hydrogen-bond acceptors (Lipinski definition) is 4. The highest BCUT2D eigenvalue weighted by molar-refractivity contribution is 7.92. The summed E-state index contributed by atoms with van der Waals surface area (Å²) < 4.78 is 27.8. The van der Waals surface area contributed by atoms with Crippen LogP contribution in [0.4, 0.5) is 11.4 Å². The third-order valence-corrected chi connectivity index (χ3v) is 6.26. The molecule has 6 nitrogen and oxygen atoms in total. The summed E-state index contributed by atoms with van der Waals surface area (Å²) >= 11 is 0. The summed E-state index contributed by atoms with van der Waals surface area (Å²) in [5.41, 5.74) is 2.98. The molecule has 0 atom stereocenters. The highest BCUT2D eigenvalue weighted by Crippen LogP contribution is 2.24. The van der Waals surface area contributed by atoms with Crippen molar-refractivity contribution in [2.45, 2.75) is 25.2 Å². The van der Waals surface area contributed by atoms with E-state index in [1.165, 1.54) is 6.20 Å². The number of aromatic nitrogens is 1. The second-order valence-electron chi connectivity index (χ2n) is 6.63. The van der Waals surface area contributed by atoms with Gasteiger partial charge in [-0.05, 0) is 55.3 Å². The summed E-state index contributed by atoms with van der Waals surface area (Å²) in [5, 5.41) is 2.69. The lowest BCUT2D eigenvalue weighted by Gasteiger charge is -2.24. The molecule has 3 rings (SSSR count). The van der Waals surface area contributed by atoms with Crippen molar-refractivity contribution >= 4 is 27.3 Å². The third kappa shape index (κ3) is 5.00. The van der Waals surface area contributed by atoms with E-state index in [9.17, 15) is 13.2 Å². The summed E-state index contributed by atoms with van der Waals surface area (Å²) in [7, 11) is -3.92. The molecule has 0 radical (unpaired) electrons. The van der Waals surface area contributed by atoms with Gasteiger partial charge in [0.25, 0.3) is 10.0 Å². The number of rotatable bonds is 7.